The molecule has 0 aliphatic carbocycles. The Morgan fingerprint density at radius 1 is 1.47 bits per heavy atom. The van der Waals surface area contributed by atoms with Crippen molar-refractivity contribution in [3.8, 4) is 0 Å². The van der Waals surface area contributed by atoms with Crippen LogP contribution in [0.15, 0.2) is 12.2 Å². The first-order valence-electron chi connectivity index (χ1n) is 5.67. The van der Waals surface area contributed by atoms with Crippen molar-refractivity contribution in [2.24, 2.45) is 0 Å². The number of hydrogen-bond donors (Lipinski definition) is 1. The van der Waals surface area contributed by atoms with E-state index in [1.54, 1.807) is 6.92 Å². The molecule has 0 unspecified atom stereocenters. The molecule has 98 valence electrons. The van der Waals surface area contributed by atoms with Gasteiger partial charge in [-0.25, -0.2) is 4.79 Å². The second-order valence-corrected chi connectivity index (χ2v) is 3.67. The highest BCUT2D eigenvalue weighted by atomic mass is 16.5. The molecule has 0 aromatic rings. The van der Waals surface area contributed by atoms with Crippen LogP contribution in [0.5, 0.6) is 0 Å². The van der Waals surface area contributed by atoms with Gasteiger partial charge in [-0.15, -0.1) is 0 Å². The van der Waals surface area contributed by atoms with E-state index in [0.29, 0.717) is 18.6 Å². The maximum absolute atomic E-state index is 10.5. The summed E-state index contributed by atoms with van der Waals surface area (Å²) >= 11 is 0. The lowest BCUT2D eigenvalue weighted by Gasteiger charge is -1.99. The fraction of sp³-hybridized carbons (Fsp3) is 0.667. The summed E-state index contributed by atoms with van der Waals surface area (Å²) < 4.78 is 9.23. The monoisotopic (exact) mass is 244 g/mol. The van der Waals surface area contributed by atoms with Gasteiger partial charge >= 0.3 is 11.9 Å². The smallest absolute Gasteiger partial charge is 0.333 e. The Labute approximate surface area is 101 Å². The van der Waals surface area contributed by atoms with Crippen LogP contribution in [-0.4, -0.2) is 36.9 Å². The van der Waals surface area contributed by atoms with Crippen LogP contribution in [0.1, 0.15) is 32.6 Å². The van der Waals surface area contributed by atoms with Crippen molar-refractivity contribution in [1.29, 1.82) is 0 Å². The standard InChI is InChI=1S/C6H10O3.C6H10O2/c1-5(2)6(8)9-4-3-7;7-6-4-2-1-3-5-8-6/h7H,1,3-4H2,2H3;1-5H2. The highest BCUT2D eigenvalue weighted by Gasteiger charge is 2.05. The van der Waals surface area contributed by atoms with Crippen molar-refractivity contribution in [1.82, 2.24) is 0 Å². The molecular weight excluding hydrogens is 224 g/mol. The molecule has 0 spiro atoms. The predicted octanol–water partition coefficient (Wildman–Crippen LogP) is 1.20. The van der Waals surface area contributed by atoms with Crippen LogP contribution in [0.4, 0.5) is 0 Å². The van der Waals surface area contributed by atoms with Gasteiger partial charge in [0, 0.05) is 12.0 Å². The Hall–Kier alpha value is -1.36. The first-order valence-corrected chi connectivity index (χ1v) is 5.67. The number of carbonyl (C=O) groups is 2. The summed E-state index contributed by atoms with van der Waals surface area (Å²) in [7, 11) is 0. The highest BCUT2D eigenvalue weighted by molar-refractivity contribution is 5.86. The highest BCUT2D eigenvalue weighted by Crippen LogP contribution is 2.06. The first kappa shape index (κ1) is 15.6. The normalized spacial score (nSPS) is 14.8. The van der Waals surface area contributed by atoms with Crippen molar-refractivity contribution in [2.45, 2.75) is 32.6 Å². The Morgan fingerprint density at radius 2 is 2.18 bits per heavy atom. The Balaban J connectivity index is 0.000000302. The van der Waals surface area contributed by atoms with E-state index in [2.05, 4.69) is 11.3 Å². The summed E-state index contributed by atoms with van der Waals surface area (Å²) in [5.41, 5.74) is 0.350. The molecule has 1 aliphatic rings. The van der Waals surface area contributed by atoms with Crippen molar-refractivity contribution < 1.29 is 24.2 Å². The molecule has 0 radical (unpaired) electrons. The SMILES string of the molecule is C=C(C)C(=O)OCCO.O=C1CCCCCO1. The molecule has 0 bridgehead atoms. The number of rotatable bonds is 3. The summed E-state index contributed by atoms with van der Waals surface area (Å²) in [6.45, 7) is 5.45. The van der Waals surface area contributed by atoms with Gasteiger partial charge in [-0.2, -0.15) is 0 Å². The topological polar surface area (TPSA) is 72.8 Å². The van der Waals surface area contributed by atoms with E-state index in [9.17, 15) is 9.59 Å². The van der Waals surface area contributed by atoms with Gasteiger partial charge in [0.2, 0.25) is 0 Å². The van der Waals surface area contributed by atoms with Gasteiger partial charge in [-0.1, -0.05) is 6.58 Å². The van der Waals surface area contributed by atoms with Crippen LogP contribution in [0, 0.1) is 0 Å². The van der Waals surface area contributed by atoms with E-state index < -0.39 is 5.97 Å². The van der Waals surface area contributed by atoms with Crippen LogP contribution in [0.2, 0.25) is 0 Å². The Kier molecular flexibility index (Phi) is 9.05. The van der Waals surface area contributed by atoms with E-state index in [-0.39, 0.29) is 19.2 Å². The lowest BCUT2D eigenvalue weighted by molar-refractivity contribution is -0.142. The number of aliphatic hydroxyl groups excluding tert-OH is 1. The quantitative estimate of drug-likeness (QED) is 0.596. The summed E-state index contributed by atoms with van der Waals surface area (Å²) in [5, 5.41) is 8.19. The number of ether oxygens (including phenoxy) is 2. The van der Waals surface area contributed by atoms with Gasteiger partial charge < -0.3 is 14.6 Å². The van der Waals surface area contributed by atoms with Gasteiger partial charge in [0.05, 0.1) is 13.2 Å². The zero-order valence-corrected chi connectivity index (χ0v) is 10.2. The summed E-state index contributed by atoms with van der Waals surface area (Å²) in [6, 6.07) is 0. The van der Waals surface area contributed by atoms with E-state index in [1.165, 1.54) is 0 Å². The Bertz CT molecular complexity index is 250. The number of aliphatic hydroxyl groups is 1. The van der Waals surface area contributed by atoms with Gasteiger partial charge in [0.15, 0.2) is 0 Å². The average molecular weight is 244 g/mol. The maximum atomic E-state index is 10.5. The minimum absolute atomic E-state index is 0.0255. The van der Waals surface area contributed by atoms with Crippen LogP contribution >= 0.6 is 0 Å². The molecule has 1 saturated heterocycles. The van der Waals surface area contributed by atoms with Crippen molar-refractivity contribution in [3.05, 3.63) is 12.2 Å². The molecule has 1 fully saturated rings. The second kappa shape index (κ2) is 9.84. The molecular formula is C12H20O5. The lowest BCUT2D eigenvalue weighted by atomic mass is 10.2. The summed E-state index contributed by atoms with van der Waals surface area (Å²) in [5.74, 6) is -0.480. The number of esters is 2. The molecule has 0 atom stereocenters. The van der Waals surface area contributed by atoms with Crippen LogP contribution in [-0.2, 0) is 19.1 Å². The molecule has 17 heavy (non-hydrogen) atoms. The first-order chi connectivity index (χ1) is 8.07. The fourth-order valence-electron chi connectivity index (χ4n) is 1.07. The van der Waals surface area contributed by atoms with E-state index in [1.807, 2.05) is 0 Å². The molecule has 0 amide bonds. The zero-order valence-electron chi connectivity index (χ0n) is 10.2. The van der Waals surface area contributed by atoms with Crippen molar-refractivity contribution in [2.75, 3.05) is 19.8 Å². The van der Waals surface area contributed by atoms with Crippen LogP contribution in [0.3, 0.4) is 0 Å². The zero-order chi connectivity index (χ0) is 13.1. The van der Waals surface area contributed by atoms with Gasteiger partial charge in [0.25, 0.3) is 0 Å². The molecule has 0 aromatic heterocycles. The number of carbonyl (C=O) groups excluding carboxylic acids is 2. The number of cyclic esters (lactones) is 1. The maximum Gasteiger partial charge on any atom is 0.333 e. The molecule has 1 aliphatic heterocycles. The third kappa shape index (κ3) is 9.56. The molecule has 0 saturated carbocycles. The van der Waals surface area contributed by atoms with Gasteiger partial charge in [0.1, 0.15) is 6.61 Å². The minimum atomic E-state index is -0.455. The molecule has 5 heteroatoms. The largest absolute Gasteiger partial charge is 0.466 e. The minimum Gasteiger partial charge on any atom is -0.466 e. The fourth-order valence-corrected chi connectivity index (χ4v) is 1.07. The summed E-state index contributed by atoms with van der Waals surface area (Å²) in [6.07, 6.45) is 3.83. The Morgan fingerprint density at radius 3 is 2.76 bits per heavy atom. The van der Waals surface area contributed by atoms with Crippen LogP contribution in [0.25, 0.3) is 0 Å². The van der Waals surface area contributed by atoms with E-state index >= 15 is 0 Å². The third-order valence-corrected chi connectivity index (χ3v) is 1.96. The molecule has 1 rings (SSSR count). The molecule has 0 aromatic carbocycles. The van der Waals surface area contributed by atoms with E-state index in [4.69, 9.17) is 9.84 Å². The van der Waals surface area contributed by atoms with Gasteiger partial charge in [-0.3, -0.25) is 4.79 Å². The van der Waals surface area contributed by atoms with Gasteiger partial charge in [-0.05, 0) is 26.2 Å². The molecule has 5 nitrogen and oxygen atoms in total. The van der Waals surface area contributed by atoms with Crippen molar-refractivity contribution in [3.63, 3.8) is 0 Å². The second-order valence-electron chi connectivity index (χ2n) is 3.67. The van der Waals surface area contributed by atoms with Crippen molar-refractivity contribution >= 4 is 11.9 Å². The summed E-state index contributed by atoms with van der Waals surface area (Å²) in [4.78, 5) is 20.9. The predicted molar refractivity (Wildman–Crippen MR) is 62.3 cm³/mol. The third-order valence-electron chi connectivity index (χ3n) is 1.96. The average Bonchev–Trinajstić information content (AvgIpc) is 2.54. The molecule has 1 heterocycles. The van der Waals surface area contributed by atoms with E-state index in [0.717, 1.165) is 19.3 Å². The lowest BCUT2D eigenvalue weighted by Crippen LogP contribution is -2.08. The van der Waals surface area contributed by atoms with Crippen LogP contribution < -0.4 is 0 Å². The molecule has 1 N–H and O–H groups in total. The number of hydrogen-bond acceptors (Lipinski definition) is 5.